The Balaban J connectivity index is 2.91. The van der Waals surface area contributed by atoms with Crippen molar-refractivity contribution in [3.05, 3.63) is 23.3 Å². The number of esters is 1. The smallest absolute Gasteiger partial charge is 0.311 e. The van der Waals surface area contributed by atoms with Gasteiger partial charge in [0.1, 0.15) is 0 Å². The van der Waals surface area contributed by atoms with E-state index in [1.807, 2.05) is 26.0 Å². The predicted molar refractivity (Wildman–Crippen MR) is 84.7 cm³/mol. The van der Waals surface area contributed by atoms with Crippen LogP contribution in [0.2, 0.25) is 0 Å². The number of carbonyl (C=O) groups excluding carboxylic acids is 1. The summed E-state index contributed by atoms with van der Waals surface area (Å²) in [5, 5.41) is 0. The Morgan fingerprint density at radius 2 is 2.10 bits per heavy atom. The van der Waals surface area contributed by atoms with Crippen LogP contribution in [0, 0.1) is 19.3 Å². The lowest BCUT2D eigenvalue weighted by Gasteiger charge is -2.15. The van der Waals surface area contributed by atoms with Gasteiger partial charge in [0.25, 0.3) is 0 Å². The van der Waals surface area contributed by atoms with Crippen molar-refractivity contribution in [3.63, 3.8) is 0 Å². The van der Waals surface area contributed by atoms with Gasteiger partial charge < -0.3 is 9.47 Å². The van der Waals surface area contributed by atoms with Crippen molar-refractivity contribution in [3.8, 4) is 23.8 Å². The molecule has 0 aliphatic heterocycles. The second-order valence-electron chi connectivity index (χ2n) is 4.97. The molecule has 3 heteroatoms. The molecule has 0 bridgehead atoms. The largest absolute Gasteiger partial charge is 0.490 e. The molecule has 0 aliphatic rings. The van der Waals surface area contributed by atoms with Gasteiger partial charge in [0.2, 0.25) is 0 Å². The van der Waals surface area contributed by atoms with Crippen LogP contribution in [0.3, 0.4) is 0 Å². The summed E-state index contributed by atoms with van der Waals surface area (Å²) >= 11 is 0. The molecule has 0 amide bonds. The average Bonchev–Trinajstić information content (AvgIpc) is 2.46. The Kier molecular flexibility index (Phi) is 7.39. The Hall–Kier alpha value is -1.95. The molecule has 1 aromatic rings. The molecule has 1 rings (SSSR count). The Labute approximate surface area is 127 Å². The molecule has 0 aromatic heterocycles. The van der Waals surface area contributed by atoms with Gasteiger partial charge in [-0.3, -0.25) is 4.79 Å². The number of aryl methyl sites for hydroxylation is 2. The van der Waals surface area contributed by atoms with Gasteiger partial charge in [-0.2, -0.15) is 0 Å². The van der Waals surface area contributed by atoms with Crippen molar-refractivity contribution in [2.24, 2.45) is 0 Å². The fourth-order valence-electron chi connectivity index (χ4n) is 1.98. The molecule has 114 valence electrons. The standard InChI is InChI=1S/C18H24O3/c1-5-8-9-11-20-16-13-15(7-3)12-14(4)18(16)21-17(19)10-6-2/h1,12-13H,6-11H2,2-4H3. The molecule has 3 nitrogen and oxygen atoms in total. The summed E-state index contributed by atoms with van der Waals surface area (Å²) in [6, 6.07) is 3.97. The highest BCUT2D eigenvalue weighted by molar-refractivity contribution is 5.74. The van der Waals surface area contributed by atoms with Crippen molar-refractivity contribution in [1.29, 1.82) is 0 Å². The molecule has 0 atom stereocenters. The summed E-state index contributed by atoms with van der Waals surface area (Å²) in [6.45, 7) is 6.49. The first-order valence-electron chi connectivity index (χ1n) is 7.52. The first kappa shape index (κ1) is 17.1. The van der Waals surface area contributed by atoms with Gasteiger partial charge in [0.05, 0.1) is 6.61 Å². The average molecular weight is 288 g/mol. The second-order valence-corrected chi connectivity index (χ2v) is 4.97. The fraction of sp³-hybridized carbons (Fsp3) is 0.500. The van der Waals surface area contributed by atoms with Gasteiger partial charge in [0, 0.05) is 12.8 Å². The minimum Gasteiger partial charge on any atom is -0.490 e. The predicted octanol–water partition coefficient (Wildman–Crippen LogP) is 4.06. The van der Waals surface area contributed by atoms with Gasteiger partial charge >= 0.3 is 5.97 Å². The molecular weight excluding hydrogens is 264 g/mol. The number of rotatable bonds is 8. The third-order valence-electron chi connectivity index (χ3n) is 3.10. The van der Waals surface area contributed by atoms with Crippen LogP contribution in [-0.2, 0) is 11.2 Å². The monoisotopic (exact) mass is 288 g/mol. The summed E-state index contributed by atoms with van der Waals surface area (Å²) in [4.78, 5) is 11.7. The van der Waals surface area contributed by atoms with E-state index in [1.165, 1.54) is 0 Å². The molecule has 0 N–H and O–H groups in total. The highest BCUT2D eigenvalue weighted by Crippen LogP contribution is 2.33. The zero-order valence-electron chi connectivity index (χ0n) is 13.2. The number of unbranched alkanes of at least 4 members (excludes halogenated alkanes) is 1. The molecule has 0 fully saturated rings. The minimum absolute atomic E-state index is 0.224. The molecule has 0 radical (unpaired) electrons. The van der Waals surface area contributed by atoms with Crippen LogP contribution in [-0.4, -0.2) is 12.6 Å². The van der Waals surface area contributed by atoms with Crippen molar-refractivity contribution in [1.82, 2.24) is 0 Å². The Morgan fingerprint density at radius 1 is 1.33 bits per heavy atom. The van der Waals surface area contributed by atoms with Crippen molar-refractivity contribution in [2.75, 3.05) is 6.61 Å². The zero-order valence-corrected chi connectivity index (χ0v) is 13.2. The van der Waals surface area contributed by atoms with Crippen molar-refractivity contribution < 1.29 is 14.3 Å². The molecular formula is C18H24O3. The Morgan fingerprint density at radius 3 is 2.71 bits per heavy atom. The van der Waals surface area contributed by atoms with Crippen LogP contribution >= 0.6 is 0 Å². The molecule has 0 aliphatic carbocycles. The number of hydrogen-bond acceptors (Lipinski definition) is 3. The van der Waals surface area contributed by atoms with Crippen LogP contribution in [0.15, 0.2) is 12.1 Å². The van der Waals surface area contributed by atoms with E-state index in [2.05, 4.69) is 12.8 Å². The highest BCUT2D eigenvalue weighted by Gasteiger charge is 2.14. The van der Waals surface area contributed by atoms with E-state index in [4.69, 9.17) is 15.9 Å². The highest BCUT2D eigenvalue weighted by atomic mass is 16.6. The van der Waals surface area contributed by atoms with Crippen LogP contribution in [0.25, 0.3) is 0 Å². The number of hydrogen-bond donors (Lipinski definition) is 0. The molecule has 0 saturated heterocycles. The number of benzene rings is 1. The quantitative estimate of drug-likeness (QED) is 0.313. The maximum absolute atomic E-state index is 11.7. The summed E-state index contributed by atoms with van der Waals surface area (Å²) in [5.41, 5.74) is 2.08. The molecule has 21 heavy (non-hydrogen) atoms. The van der Waals surface area contributed by atoms with E-state index in [-0.39, 0.29) is 5.97 Å². The number of ether oxygens (including phenoxy) is 2. The van der Waals surface area contributed by atoms with E-state index in [0.717, 1.165) is 30.4 Å². The Bertz CT molecular complexity index is 512. The van der Waals surface area contributed by atoms with E-state index in [9.17, 15) is 4.79 Å². The van der Waals surface area contributed by atoms with E-state index < -0.39 is 0 Å². The first-order chi connectivity index (χ1) is 10.1. The van der Waals surface area contributed by atoms with Crippen molar-refractivity contribution >= 4 is 5.97 Å². The zero-order chi connectivity index (χ0) is 15.7. The van der Waals surface area contributed by atoms with Crippen LogP contribution in [0.1, 0.15) is 50.7 Å². The third-order valence-corrected chi connectivity index (χ3v) is 3.10. The van der Waals surface area contributed by atoms with Gasteiger partial charge in [-0.15, -0.1) is 12.3 Å². The van der Waals surface area contributed by atoms with E-state index in [0.29, 0.717) is 30.9 Å². The summed E-state index contributed by atoms with van der Waals surface area (Å²) in [6.07, 6.45) is 8.78. The number of carbonyl (C=O) groups is 1. The third kappa shape index (κ3) is 5.51. The topological polar surface area (TPSA) is 35.5 Å². The molecule has 0 spiro atoms. The molecule has 0 heterocycles. The molecule has 0 unspecified atom stereocenters. The van der Waals surface area contributed by atoms with E-state index >= 15 is 0 Å². The van der Waals surface area contributed by atoms with Gasteiger partial charge in [-0.1, -0.05) is 19.9 Å². The molecule has 1 aromatic carbocycles. The lowest BCUT2D eigenvalue weighted by molar-refractivity contribution is -0.134. The number of terminal acetylenes is 1. The van der Waals surface area contributed by atoms with Crippen LogP contribution in [0.5, 0.6) is 11.5 Å². The lowest BCUT2D eigenvalue weighted by Crippen LogP contribution is -2.10. The SMILES string of the molecule is C#CCCCOc1cc(CC)cc(C)c1OC(=O)CCC. The van der Waals surface area contributed by atoms with Crippen LogP contribution in [0.4, 0.5) is 0 Å². The summed E-state index contributed by atoms with van der Waals surface area (Å²) < 4.78 is 11.2. The maximum atomic E-state index is 11.7. The molecule has 0 saturated carbocycles. The van der Waals surface area contributed by atoms with E-state index in [1.54, 1.807) is 0 Å². The summed E-state index contributed by atoms with van der Waals surface area (Å²) in [5.74, 6) is 3.53. The normalized spacial score (nSPS) is 10.0. The van der Waals surface area contributed by atoms with Gasteiger partial charge in [-0.05, 0) is 43.4 Å². The van der Waals surface area contributed by atoms with Gasteiger partial charge in [-0.25, -0.2) is 0 Å². The maximum Gasteiger partial charge on any atom is 0.311 e. The fourth-order valence-corrected chi connectivity index (χ4v) is 1.98. The lowest BCUT2D eigenvalue weighted by atomic mass is 10.1. The van der Waals surface area contributed by atoms with Gasteiger partial charge in [0.15, 0.2) is 11.5 Å². The van der Waals surface area contributed by atoms with Crippen molar-refractivity contribution in [2.45, 2.75) is 52.9 Å². The van der Waals surface area contributed by atoms with Crippen LogP contribution < -0.4 is 9.47 Å². The summed E-state index contributed by atoms with van der Waals surface area (Å²) in [7, 11) is 0. The first-order valence-corrected chi connectivity index (χ1v) is 7.52. The minimum atomic E-state index is -0.224. The second kappa shape index (κ2) is 9.07.